The fourth-order valence-electron chi connectivity index (χ4n) is 2.54. The molecule has 0 radical (unpaired) electrons. The Morgan fingerprint density at radius 1 is 1.00 bits per heavy atom. The van der Waals surface area contributed by atoms with E-state index in [0.29, 0.717) is 24.3 Å². The van der Waals surface area contributed by atoms with Gasteiger partial charge in [-0.05, 0) is 23.6 Å². The highest BCUT2D eigenvalue weighted by Gasteiger charge is 2.28. The van der Waals surface area contributed by atoms with E-state index in [1.165, 1.54) is 0 Å². The van der Waals surface area contributed by atoms with E-state index >= 15 is 0 Å². The molecule has 0 spiro atoms. The van der Waals surface area contributed by atoms with Crippen molar-refractivity contribution in [1.29, 1.82) is 0 Å². The number of ketones is 2. The van der Waals surface area contributed by atoms with Gasteiger partial charge in [-0.25, -0.2) is 0 Å². The van der Waals surface area contributed by atoms with Crippen LogP contribution in [0.4, 0.5) is 0 Å². The number of hydrogen-bond acceptors (Lipinski definition) is 7. The van der Waals surface area contributed by atoms with Crippen LogP contribution in [0.15, 0.2) is 16.6 Å². The van der Waals surface area contributed by atoms with E-state index in [4.69, 9.17) is 24.8 Å². The summed E-state index contributed by atoms with van der Waals surface area (Å²) in [6, 6.07) is 3.64. The van der Waals surface area contributed by atoms with Crippen molar-refractivity contribution >= 4 is 27.5 Å². The Kier molecular flexibility index (Phi) is 9.38. The number of Topliss-reactive ketones (excluding diaryl/α,β-unsaturated/α-hetero) is 2. The molecule has 1 saturated carbocycles. The topological polar surface area (TPSA) is 113 Å². The third-order valence-corrected chi connectivity index (χ3v) is 5.12. The molecule has 0 atom stereocenters. The molecule has 152 valence electrons. The summed E-state index contributed by atoms with van der Waals surface area (Å²) in [6.07, 6.45) is 0.876. The SMILES string of the molecule is CC(CO)(CO)CO.COc1cc(Br)c(C2CC(=O)CC(=O)C2)cc1OC. The first-order valence-electron chi connectivity index (χ1n) is 8.51. The summed E-state index contributed by atoms with van der Waals surface area (Å²) < 4.78 is 11.3. The normalized spacial score (nSPS) is 15.2. The highest BCUT2D eigenvalue weighted by Crippen LogP contribution is 2.40. The minimum absolute atomic E-state index is 0.00272. The number of ether oxygens (including phenoxy) is 2. The number of rotatable bonds is 6. The Morgan fingerprint density at radius 2 is 1.44 bits per heavy atom. The quantitative estimate of drug-likeness (QED) is 0.571. The maximum absolute atomic E-state index is 11.6. The molecule has 0 amide bonds. The van der Waals surface area contributed by atoms with Crippen LogP contribution in [0.1, 0.15) is 37.7 Å². The number of aliphatic hydroxyl groups is 3. The van der Waals surface area contributed by atoms with Crippen molar-refractivity contribution in [2.24, 2.45) is 5.41 Å². The zero-order valence-electron chi connectivity index (χ0n) is 15.8. The maximum atomic E-state index is 11.6. The molecule has 0 saturated heterocycles. The van der Waals surface area contributed by atoms with Gasteiger partial charge < -0.3 is 24.8 Å². The highest BCUT2D eigenvalue weighted by atomic mass is 79.9. The van der Waals surface area contributed by atoms with Gasteiger partial charge >= 0.3 is 0 Å². The number of halogens is 1. The zero-order valence-corrected chi connectivity index (χ0v) is 17.4. The van der Waals surface area contributed by atoms with Gasteiger partial charge in [-0.3, -0.25) is 9.59 Å². The van der Waals surface area contributed by atoms with Crippen LogP contribution >= 0.6 is 15.9 Å². The summed E-state index contributed by atoms with van der Waals surface area (Å²) >= 11 is 3.47. The molecule has 7 nitrogen and oxygen atoms in total. The van der Waals surface area contributed by atoms with E-state index in [2.05, 4.69) is 15.9 Å². The fourth-order valence-corrected chi connectivity index (χ4v) is 3.18. The first-order chi connectivity index (χ1) is 12.7. The largest absolute Gasteiger partial charge is 0.493 e. The van der Waals surface area contributed by atoms with Gasteiger partial charge in [0.2, 0.25) is 0 Å². The Labute approximate surface area is 167 Å². The highest BCUT2D eigenvalue weighted by molar-refractivity contribution is 9.10. The second-order valence-corrected chi connectivity index (χ2v) is 7.73. The smallest absolute Gasteiger partial charge is 0.161 e. The van der Waals surface area contributed by atoms with Gasteiger partial charge in [0.15, 0.2) is 11.5 Å². The second-order valence-electron chi connectivity index (χ2n) is 6.87. The van der Waals surface area contributed by atoms with E-state index < -0.39 is 5.41 Å². The number of benzene rings is 1. The molecule has 0 heterocycles. The molecule has 0 unspecified atom stereocenters. The summed E-state index contributed by atoms with van der Waals surface area (Å²) in [5.41, 5.74) is 0.207. The molecule has 1 aliphatic carbocycles. The lowest BCUT2D eigenvalue weighted by Crippen LogP contribution is -2.29. The van der Waals surface area contributed by atoms with Crippen molar-refractivity contribution in [3.63, 3.8) is 0 Å². The van der Waals surface area contributed by atoms with Gasteiger partial charge in [0.25, 0.3) is 0 Å². The number of methoxy groups -OCH3 is 2. The van der Waals surface area contributed by atoms with Crippen molar-refractivity contribution in [3.05, 3.63) is 22.2 Å². The molecule has 2 rings (SSSR count). The number of hydrogen-bond donors (Lipinski definition) is 3. The summed E-state index contributed by atoms with van der Waals surface area (Å²) in [5.74, 6) is 1.14. The molecule has 27 heavy (non-hydrogen) atoms. The monoisotopic (exact) mass is 446 g/mol. The van der Waals surface area contributed by atoms with Gasteiger partial charge in [-0.2, -0.15) is 0 Å². The molecule has 8 heteroatoms. The zero-order chi connectivity index (χ0) is 20.6. The summed E-state index contributed by atoms with van der Waals surface area (Å²) in [6.45, 7) is 1.06. The van der Waals surface area contributed by atoms with E-state index in [-0.39, 0.29) is 43.7 Å². The standard InChI is InChI=1S/C14H15BrO4.C5H12O3/c1-18-13-6-11(12(15)7-14(13)19-2)8-3-9(16)5-10(17)4-8;1-5(2-6,3-7)4-8/h6-8H,3-5H2,1-2H3;6-8H,2-4H2,1H3. The van der Waals surface area contributed by atoms with Crippen molar-refractivity contribution in [2.45, 2.75) is 32.1 Å². The van der Waals surface area contributed by atoms with Crippen molar-refractivity contribution in [2.75, 3.05) is 34.0 Å². The Morgan fingerprint density at radius 3 is 1.81 bits per heavy atom. The maximum Gasteiger partial charge on any atom is 0.161 e. The average molecular weight is 447 g/mol. The molecular weight excluding hydrogens is 420 g/mol. The predicted octanol–water partition coefficient (Wildman–Crippen LogP) is 1.84. The summed E-state index contributed by atoms with van der Waals surface area (Å²) in [4.78, 5) is 23.1. The minimum atomic E-state index is -0.708. The first kappa shape index (κ1) is 23.6. The van der Waals surface area contributed by atoms with Crippen LogP contribution < -0.4 is 9.47 Å². The van der Waals surface area contributed by atoms with Crippen molar-refractivity contribution in [1.82, 2.24) is 0 Å². The number of carbonyl (C=O) groups excluding carboxylic acids is 2. The fraction of sp³-hybridized carbons (Fsp3) is 0.579. The molecule has 0 aromatic heterocycles. The van der Waals surface area contributed by atoms with Crippen LogP contribution in [0.5, 0.6) is 11.5 Å². The molecule has 3 N–H and O–H groups in total. The van der Waals surface area contributed by atoms with Crippen molar-refractivity contribution in [3.8, 4) is 11.5 Å². The summed E-state index contributed by atoms with van der Waals surface area (Å²) in [7, 11) is 3.13. The molecule has 1 aliphatic rings. The third kappa shape index (κ3) is 6.57. The molecule has 1 aromatic rings. The Hall–Kier alpha value is -1.48. The van der Waals surface area contributed by atoms with E-state index in [9.17, 15) is 9.59 Å². The van der Waals surface area contributed by atoms with E-state index in [0.717, 1.165) is 10.0 Å². The van der Waals surface area contributed by atoms with E-state index in [1.54, 1.807) is 27.2 Å². The van der Waals surface area contributed by atoms with Crippen molar-refractivity contribution < 1.29 is 34.4 Å². The first-order valence-corrected chi connectivity index (χ1v) is 9.30. The minimum Gasteiger partial charge on any atom is -0.493 e. The van der Waals surface area contributed by atoms with Gasteiger partial charge in [0, 0.05) is 22.7 Å². The van der Waals surface area contributed by atoms with Crippen LogP contribution in [-0.2, 0) is 9.59 Å². The van der Waals surface area contributed by atoms with Gasteiger partial charge in [0.1, 0.15) is 11.6 Å². The number of carbonyl (C=O) groups is 2. The Balaban J connectivity index is 0.000000387. The lowest BCUT2D eigenvalue weighted by molar-refractivity contribution is -0.130. The molecule has 0 aliphatic heterocycles. The average Bonchev–Trinajstić information content (AvgIpc) is 2.66. The molecule has 1 aromatic carbocycles. The lowest BCUT2D eigenvalue weighted by atomic mass is 9.82. The van der Waals surface area contributed by atoms with E-state index in [1.807, 2.05) is 6.07 Å². The van der Waals surface area contributed by atoms with Crippen LogP contribution in [0.2, 0.25) is 0 Å². The molecule has 0 bridgehead atoms. The predicted molar refractivity (Wildman–Crippen MR) is 103 cm³/mol. The third-order valence-electron chi connectivity index (χ3n) is 4.43. The number of aliphatic hydroxyl groups excluding tert-OH is 3. The summed E-state index contributed by atoms with van der Waals surface area (Å²) in [5, 5.41) is 25.4. The second kappa shape index (κ2) is 10.8. The van der Waals surface area contributed by atoms with Gasteiger partial charge in [-0.1, -0.05) is 22.9 Å². The van der Waals surface area contributed by atoms with Crippen LogP contribution in [-0.4, -0.2) is 60.9 Å². The van der Waals surface area contributed by atoms with Crippen LogP contribution in [0, 0.1) is 5.41 Å². The van der Waals surface area contributed by atoms with Gasteiger partial charge in [0.05, 0.1) is 40.5 Å². The Bertz CT molecular complexity index is 631. The van der Waals surface area contributed by atoms with Crippen LogP contribution in [0.3, 0.4) is 0 Å². The molecule has 1 fully saturated rings. The van der Waals surface area contributed by atoms with Gasteiger partial charge in [-0.15, -0.1) is 0 Å². The molecular formula is C19H27BrO7. The lowest BCUT2D eigenvalue weighted by Gasteiger charge is -2.22. The van der Waals surface area contributed by atoms with Crippen LogP contribution in [0.25, 0.3) is 0 Å².